The second kappa shape index (κ2) is 12.3. The van der Waals surface area contributed by atoms with Gasteiger partial charge < -0.3 is 14.8 Å². The van der Waals surface area contributed by atoms with Crippen LogP contribution in [0, 0.1) is 0 Å². The van der Waals surface area contributed by atoms with Crippen LogP contribution >= 0.6 is 24.0 Å². The molecule has 1 aromatic heterocycles. The molecule has 35 heavy (non-hydrogen) atoms. The van der Waals surface area contributed by atoms with E-state index < -0.39 is 5.97 Å². The number of nitrogens with zero attached hydrogens (tertiary/aromatic N) is 3. The molecule has 1 heterocycles. The van der Waals surface area contributed by atoms with E-state index in [1.165, 1.54) is 12.0 Å². The van der Waals surface area contributed by atoms with Crippen LogP contribution in [0.15, 0.2) is 72.8 Å². The Morgan fingerprint density at radius 2 is 1.71 bits per heavy atom. The molecule has 4 aromatic rings. The number of aromatic nitrogens is 2. The molecule has 4 rings (SSSR count). The molecule has 0 fully saturated rings. The minimum Gasteiger partial charge on any atom is -0.424 e. The molecule has 1 N–H and O–H groups in total. The Morgan fingerprint density at radius 1 is 0.971 bits per heavy atom. The van der Waals surface area contributed by atoms with Gasteiger partial charge in [0.15, 0.2) is 5.75 Å². The normalized spacial score (nSPS) is 10.5. The molecule has 0 aliphatic rings. The molecule has 0 bridgehead atoms. The van der Waals surface area contributed by atoms with Gasteiger partial charge in [0.25, 0.3) is 5.95 Å². The number of carbonyl (C=O) groups is 1. The molecular formula is C25H24Cl2N4O4. The predicted octanol–water partition coefficient (Wildman–Crippen LogP) is 6.09. The van der Waals surface area contributed by atoms with E-state index in [1.54, 1.807) is 31.4 Å². The largest absolute Gasteiger partial charge is 0.424 e. The number of hydrogen-bond acceptors (Lipinski definition) is 8. The average molecular weight is 515 g/mol. The second-order valence-electron chi connectivity index (χ2n) is 7.21. The van der Waals surface area contributed by atoms with Crippen molar-refractivity contribution in [3.05, 3.63) is 77.8 Å². The van der Waals surface area contributed by atoms with Crippen LogP contribution in [0.4, 0.5) is 23.1 Å². The first-order valence-electron chi connectivity index (χ1n) is 10.5. The third-order valence-corrected chi connectivity index (χ3v) is 4.97. The minimum atomic E-state index is -0.448. The van der Waals surface area contributed by atoms with E-state index in [1.807, 2.05) is 48.5 Å². The Kier molecular flexibility index (Phi) is 9.22. The number of ether oxygens (including phenoxy) is 2. The van der Waals surface area contributed by atoms with Crippen molar-refractivity contribution in [2.24, 2.45) is 0 Å². The lowest BCUT2D eigenvalue weighted by atomic mass is 10.2. The van der Waals surface area contributed by atoms with Crippen LogP contribution in [0.25, 0.3) is 10.9 Å². The summed E-state index contributed by atoms with van der Waals surface area (Å²) >= 11 is 6.04. The van der Waals surface area contributed by atoms with E-state index >= 15 is 0 Å². The predicted molar refractivity (Wildman–Crippen MR) is 139 cm³/mol. The fourth-order valence-corrected chi connectivity index (χ4v) is 3.36. The standard InChI is InChI=1S/C25H23ClN4O4.ClH/c1-17(31)34-22-10-6-9-21-23(22)28-25(29-24(21)27-19-13-11-18(26)12-14-19)30(33-16-15-32-2)20-7-4-3-5-8-20;/h3-14H,15-16H2,1-2H3,(H,27,28,29);1H. The molecular weight excluding hydrogens is 491 g/mol. The molecule has 0 unspecified atom stereocenters. The van der Waals surface area contributed by atoms with Gasteiger partial charge in [-0.25, -0.2) is 4.98 Å². The second-order valence-corrected chi connectivity index (χ2v) is 7.64. The highest BCUT2D eigenvalue weighted by Crippen LogP contribution is 2.34. The molecule has 0 spiro atoms. The smallest absolute Gasteiger partial charge is 0.308 e. The van der Waals surface area contributed by atoms with Crippen molar-refractivity contribution in [2.75, 3.05) is 30.7 Å². The number of anilines is 4. The van der Waals surface area contributed by atoms with E-state index in [0.717, 1.165) is 11.4 Å². The molecule has 0 radical (unpaired) electrons. The number of hydrogen-bond donors (Lipinski definition) is 1. The van der Waals surface area contributed by atoms with Crippen LogP contribution in [-0.4, -0.2) is 36.3 Å². The number of rotatable bonds is 9. The molecule has 0 amide bonds. The van der Waals surface area contributed by atoms with Crippen molar-refractivity contribution < 1.29 is 19.1 Å². The average Bonchev–Trinajstić information content (AvgIpc) is 2.84. The Hall–Kier alpha value is -3.43. The van der Waals surface area contributed by atoms with E-state index in [2.05, 4.69) is 5.32 Å². The number of methoxy groups -OCH3 is 1. The SMILES string of the molecule is COCCON(c1ccccc1)c1nc(Nc2ccc(Cl)cc2)c2cccc(OC(C)=O)c2n1.Cl. The van der Waals surface area contributed by atoms with Crippen LogP contribution in [0.2, 0.25) is 5.02 Å². The summed E-state index contributed by atoms with van der Waals surface area (Å²) in [5, 5.41) is 6.13. The highest BCUT2D eigenvalue weighted by atomic mass is 35.5. The van der Waals surface area contributed by atoms with Crippen molar-refractivity contribution in [3.8, 4) is 5.75 Å². The molecule has 8 nitrogen and oxygen atoms in total. The fraction of sp³-hybridized carbons (Fsp3) is 0.160. The van der Waals surface area contributed by atoms with Crippen LogP contribution < -0.4 is 15.1 Å². The number of esters is 1. The number of halogens is 2. The topological polar surface area (TPSA) is 85.8 Å². The van der Waals surface area contributed by atoms with Gasteiger partial charge in [-0.05, 0) is 48.5 Å². The zero-order valence-electron chi connectivity index (χ0n) is 19.1. The number of carbonyl (C=O) groups excluding carboxylic acids is 1. The van der Waals surface area contributed by atoms with Crippen molar-refractivity contribution >= 4 is 64.0 Å². The van der Waals surface area contributed by atoms with Crippen LogP contribution in [0.3, 0.4) is 0 Å². The van der Waals surface area contributed by atoms with Gasteiger partial charge in [0.05, 0.1) is 18.9 Å². The number of fused-ring (bicyclic) bond motifs is 1. The van der Waals surface area contributed by atoms with E-state index in [-0.39, 0.29) is 25.0 Å². The fourth-order valence-electron chi connectivity index (χ4n) is 3.23. The summed E-state index contributed by atoms with van der Waals surface area (Å²) in [5.41, 5.74) is 1.95. The van der Waals surface area contributed by atoms with Gasteiger partial charge in [-0.15, -0.1) is 12.4 Å². The summed E-state index contributed by atoms with van der Waals surface area (Å²) < 4.78 is 10.6. The zero-order valence-corrected chi connectivity index (χ0v) is 20.7. The van der Waals surface area contributed by atoms with Crippen molar-refractivity contribution in [1.82, 2.24) is 9.97 Å². The Balaban J connectivity index is 0.00000342. The molecule has 0 saturated heterocycles. The summed E-state index contributed by atoms with van der Waals surface area (Å²) in [7, 11) is 1.60. The monoisotopic (exact) mass is 514 g/mol. The van der Waals surface area contributed by atoms with E-state index in [4.69, 9.17) is 35.9 Å². The number of para-hydroxylation sites is 2. The molecule has 3 aromatic carbocycles. The van der Waals surface area contributed by atoms with Gasteiger partial charge in [-0.3, -0.25) is 9.63 Å². The van der Waals surface area contributed by atoms with Crippen LogP contribution in [0.1, 0.15) is 6.92 Å². The molecule has 0 aliphatic carbocycles. The van der Waals surface area contributed by atoms with Gasteiger partial charge in [-0.2, -0.15) is 10.0 Å². The Bertz CT molecular complexity index is 1270. The van der Waals surface area contributed by atoms with Crippen LogP contribution in [-0.2, 0) is 14.4 Å². The molecule has 0 saturated carbocycles. The first-order valence-corrected chi connectivity index (χ1v) is 10.9. The summed E-state index contributed by atoms with van der Waals surface area (Å²) in [4.78, 5) is 27.2. The van der Waals surface area contributed by atoms with Crippen molar-refractivity contribution in [1.29, 1.82) is 0 Å². The summed E-state index contributed by atoms with van der Waals surface area (Å²) in [6.07, 6.45) is 0. The lowest BCUT2D eigenvalue weighted by molar-refractivity contribution is -0.131. The zero-order chi connectivity index (χ0) is 23.9. The van der Waals surface area contributed by atoms with Gasteiger partial charge >= 0.3 is 5.97 Å². The third kappa shape index (κ3) is 6.58. The van der Waals surface area contributed by atoms with Crippen LogP contribution in [0.5, 0.6) is 5.75 Å². The highest BCUT2D eigenvalue weighted by molar-refractivity contribution is 6.30. The van der Waals surface area contributed by atoms with Gasteiger partial charge in [0, 0.05) is 30.1 Å². The van der Waals surface area contributed by atoms with E-state index in [0.29, 0.717) is 34.1 Å². The minimum absolute atomic E-state index is 0. The third-order valence-electron chi connectivity index (χ3n) is 4.72. The molecule has 0 aliphatic heterocycles. The highest BCUT2D eigenvalue weighted by Gasteiger charge is 2.19. The lowest BCUT2D eigenvalue weighted by Crippen LogP contribution is -2.23. The van der Waals surface area contributed by atoms with Crippen molar-refractivity contribution in [3.63, 3.8) is 0 Å². The quantitative estimate of drug-likeness (QED) is 0.124. The van der Waals surface area contributed by atoms with Gasteiger partial charge in [0.1, 0.15) is 11.3 Å². The molecule has 10 heteroatoms. The van der Waals surface area contributed by atoms with E-state index in [9.17, 15) is 4.79 Å². The number of nitrogens with one attached hydrogen (secondary N) is 1. The first-order chi connectivity index (χ1) is 16.5. The lowest BCUT2D eigenvalue weighted by Gasteiger charge is -2.23. The maximum absolute atomic E-state index is 11.7. The molecule has 0 atom stereocenters. The summed E-state index contributed by atoms with van der Waals surface area (Å²) in [6.45, 7) is 2.00. The maximum atomic E-state index is 11.7. The maximum Gasteiger partial charge on any atom is 0.308 e. The summed E-state index contributed by atoms with van der Waals surface area (Å²) in [6, 6.07) is 22.0. The Labute approximate surface area is 214 Å². The summed E-state index contributed by atoms with van der Waals surface area (Å²) in [5.74, 6) is 0.632. The number of benzene rings is 3. The Morgan fingerprint density at radius 3 is 2.40 bits per heavy atom. The molecule has 182 valence electrons. The van der Waals surface area contributed by atoms with Gasteiger partial charge in [0.2, 0.25) is 0 Å². The van der Waals surface area contributed by atoms with Crippen molar-refractivity contribution in [2.45, 2.75) is 6.92 Å². The first kappa shape index (κ1) is 26.2. The van der Waals surface area contributed by atoms with Gasteiger partial charge in [-0.1, -0.05) is 35.9 Å².